The number of primary sulfonamides is 1. The van der Waals surface area contributed by atoms with Gasteiger partial charge in [0.2, 0.25) is 5.09 Å². The van der Waals surface area contributed by atoms with E-state index in [0.717, 1.165) is 0 Å². The van der Waals surface area contributed by atoms with Gasteiger partial charge in [0.1, 0.15) is 5.76 Å². The molecule has 0 fully saturated rings. The highest BCUT2D eigenvalue weighted by molar-refractivity contribution is 7.89. The highest BCUT2D eigenvalue weighted by Crippen LogP contribution is 2.11. The van der Waals surface area contributed by atoms with Gasteiger partial charge < -0.3 is 4.42 Å². The largest absolute Gasteiger partial charge is 0.447 e. The summed E-state index contributed by atoms with van der Waals surface area (Å²) >= 11 is 0. The Morgan fingerprint density at radius 3 is 2.80 bits per heavy atom. The molecule has 1 rings (SSSR count). The van der Waals surface area contributed by atoms with E-state index in [4.69, 9.17) is 9.56 Å². The van der Waals surface area contributed by atoms with Crippen molar-refractivity contribution in [1.82, 2.24) is 5.32 Å². The standard InChI is InChI=1S/C9H12N2O3S/c1-2-3-6-11-7-8-4-5-9(14-8)15(10,12)13/h4-5,11H,6-7H2,1H3,(H2,10,12,13). The zero-order valence-corrected chi connectivity index (χ0v) is 9.10. The zero-order chi connectivity index (χ0) is 11.3. The number of hydrogen-bond donors (Lipinski definition) is 2. The molecular formula is C9H12N2O3S. The minimum Gasteiger partial charge on any atom is -0.447 e. The summed E-state index contributed by atoms with van der Waals surface area (Å²) < 4.78 is 26.7. The summed E-state index contributed by atoms with van der Waals surface area (Å²) in [7, 11) is -3.74. The molecule has 6 heteroatoms. The SMILES string of the molecule is CC#CCNCc1ccc(S(N)(=O)=O)o1. The van der Waals surface area contributed by atoms with Crippen molar-refractivity contribution in [3.8, 4) is 11.8 Å². The number of rotatable bonds is 4. The average Bonchev–Trinajstić information content (AvgIpc) is 2.60. The Labute approximate surface area is 88.7 Å². The predicted octanol–water partition coefficient (Wildman–Crippen LogP) is 0.0399. The minimum atomic E-state index is -3.74. The Balaban J connectivity index is 2.57. The van der Waals surface area contributed by atoms with Crippen LogP contribution < -0.4 is 10.5 Å². The van der Waals surface area contributed by atoms with Crippen LogP contribution in [0.15, 0.2) is 21.6 Å². The van der Waals surface area contributed by atoms with Gasteiger partial charge in [0.25, 0.3) is 10.0 Å². The first-order valence-electron chi connectivity index (χ1n) is 4.26. The fourth-order valence-electron chi connectivity index (χ4n) is 0.943. The fourth-order valence-corrected chi connectivity index (χ4v) is 1.42. The van der Waals surface area contributed by atoms with Crippen LogP contribution in [0.5, 0.6) is 0 Å². The molecule has 0 atom stereocenters. The van der Waals surface area contributed by atoms with Crippen LogP contribution in [0.3, 0.4) is 0 Å². The molecule has 1 aromatic rings. The third-order valence-corrected chi connectivity index (χ3v) is 2.39. The van der Waals surface area contributed by atoms with Crippen LogP contribution in [-0.2, 0) is 16.6 Å². The van der Waals surface area contributed by atoms with Crippen LogP contribution in [-0.4, -0.2) is 15.0 Å². The maximum atomic E-state index is 10.9. The summed E-state index contributed by atoms with van der Waals surface area (Å²) in [5.41, 5.74) is 0. The van der Waals surface area contributed by atoms with E-state index in [2.05, 4.69) is 17.2 Å². The van der Waals surface area contributed by atoms with Crippen molar-refractivity contribution in [2.45, 2.75) is 18.6 Å². The van der Waals surface area contributed by atoms with Crippen molar-refractivity contribution in [2.24, 2.45) is 5.14 Å². The molecule has 5 nitrogen and oxygen atoms in total. The first kappa shape index (κ1) is 11.8. The van der Waals surface area contributed by atoms with E-state index < -0.39 is 10.0 Å². The van der Waals surface area contributed by atoms with Gasteiger partial charge in [-0.3, -0.25) is 5.32 Å². The summed E-state index contributed by atoms with van der Waals surface area (Å²) in [6.45, 7) is 2.69. The monoisotopic (exact) mass is 228 g/mol. The van der Waals surface area contributed by atoms with Crippen LogP contribution in [0.25, 0.3) is 0 Å². The summed E-state index contributed by atoms with van der Waals surface area (Å²) in [4.78, 5) is 0. The number of hydrogen-bond acceptors (Lipinski definition) is 4. The van der Waals surface area contributed by atoms with Crippen molar-refractivity contribution in [1.29, 1.82) is 0 Å². The second kappa shape index (κ2) is 4.98. The molecule has 0 aromatic carbocycles. The Morgan fingerprint density at radius 2 is 2.27 bits per heavy atom. The summed E-state index contributed by atoms with van der Waals surface area (Å²) in [6, 6.07) is 2.89. The van der Waals surface area contributed by atoms with Crippen molar-refractivity contribution in [3.05, 3.63) is 17.9 Å². The van der Waals surface area contributed by atoms with Crippen molar-refractivity contribution in [2.75, 3.05) is 6.54 Å². The number of nitrogens with one attached hydrogen (secondary N) is 1. The molecule has 15 heavy (non-hydrogen) atoms. The van der Waals surface area contributed by atoms with Gasteiger partial charge in [-0.25, -0.2) is 13.6 Å². The number of nitrogens with two attached hydrogens (primary N) is 1. The molecule has 0 saturated heterocycles. The van der Waals surface area contributed by atoms with Crippen molar-refractivity contribution >= 4 is 10.0 Å². The van der Waals surface area contributed by atoms with E-state index in [9.17, 15) is 8.42 Å². The highest BCUT2D eigenvalue weighted by Gasteiger charge is 2.12. The topological polar surface area (TPSA) is 85.3 Å². The van der Waals surface area contributed by atoms with Crippen molar-refractivity contribution in [3.63, 3.8) is 0 Å². The van der Waals surface area contributed by atoms with Gasteiger partial charge in [-0.1, -0.05) is 5.92 Å². The van der Waals surface area contributed by atoms with E-state index in [-0.39, 0.29) is 5.09 Å². The molecule has 0 unspecified atom stereocenters. The van der Waals surface area contributed by atoms with E-state index in [0.29, 0.717) is 18.8 Å². The lowest BCUT2D eigenvalue weighted by Gasteiger charge is -1.96. The lowest BCUT2D eigenvalue weighted by atomic mass is 10.4. The number of sulfonamides is 1. The van der Waals surface area contributed by atoms with Gasteiger partial charge in [0.05, 0.1) is 13.1 Å². The average molecular weight is 228 g/mol. The molecular weight excluding hydrogens is 216 g/mol. The van der Waals surface area contributed by atoms with Gasteiger partial charge in [-0.15, -0.1) is 5.92 Å². The van der Waals surface area contributed by atoms with E-state index >= 15 is 0 Å². The van der Waals surface area contributed by atoms with Crippen LogP contribution >= 0.6 is 0 Å². The fraction of sp³-hybridized carbons (Fsp3) is 0.333. The predicted molar refractivity (Wildman–Crippen MR) is 55.2 cm³/mol. The van der Waals surface area contributed by atoms with Crippen LogP contribution in [0.2, 0.25) is 0 Å². The maximum absolute atomic E-state index is 10.9. The minimum absolute atomic E-state index is 0.221. The quantitative estimate of drug-likeness (QED) is 0.563. The molecule has 1 aromatic heterocycles. The lowest BCUT2D eigenvalue weighted by molar-refractivity contribution is 0.406. The highest BCUT2D eigenvalue weighted by atomic mass is 32.2. The van der Waals surface area contributed by atoms with Crippen LogP contribution in [0.1, 0.15) is 12.7 Å². The third kappa shape index (κ3) is 3.75. The summed E-state index contributed by atoms with van der Waals surface area (Å²) in [6.07, 6.45) is 0. The molecule has 1 heterocycles. The van der Waals surface area contributed by atoms with Gasteiger partial charge in [0, 0.05) is 0 Å². The third-order valence-electron chi connectivity index (χ3n) is 1.61. The lowest BCUT2D eigenvalue weighted by Crippen LogP contribution is -2.13. The normalized spacial score (nSPS) is 10.8. The molecule has 0 aliphatic carbocycles. The molecule has 82 valence electrons. The first-order valence-corrected chi connectivity index (χ1v) is 5.80. The van der Waals surface area contributed by atoms with Crippen molar-refractivity contribution < 1.29 is 12.8 Å². The van der Waals surface area contributed by atoms with Gasteiger partial charge in [0.15, 0.2) is 0 Å². The molecule has 0 spiro atoms. The Morgan fingerprint density at radius 1 is 1.53 bits per heavy atom. The maximum Gasteiger partial charge on any atom is 0.271 e. The van der Waals surface area contributed by atoms with E-state index in [1.165, 1.54) is 6.07 Å². The van der Waals surface area contributed by atoms with Crippen LogP contribution in [0.4, 0.5) is 0 Å². The Hall–Kier alpha value is -1.29. The molecule has 0 saturated carbocycles. The number of furan rings is 1. The molecule has 0 amide bonds. The molecule has 3 N–H and O–H groups in total. The second-order valence-corrected chi connectivity index (χ2v) is 4.29. The van der Waals surface area contributed by atoms with Gasteiger partial charge in [-0.2, -0.15) is 0 Å². The van der Waals surface area contributed by atoms with E-state index in [1.54, 1.807) is 13.0 Å². The molecule has 0 bridgehead atoms. The zero-order valence-electron chi connectivity index (χ0n) is 8.28. The Kier molecular flexibility index (Phi) is 3.91. The summed E-state index contributed by atoms with van der Waals surface area (Å²) in [5.74, 6) is 6.05. The van der Waals surface area contributed by atoms with Crippen LogP contribution in [0, 0.1) is 11.8 Å². The molecule has 0 radical (unpaired) electrons. The second-order valence-electron chi connectivity index (χ2n) is 2.80. The van der Waals surface area contributed by atoms with E-state index in [1.807, 2.05) is 0 Å². The Bertz CT molecular complexity index is 479. The molecule has 0 aliphatic rings. The summed E-state index contributed by atoms with van der Waals surface area (Å²) in [5, 5.41) is 7.63. The first-order chi connectivity index (χ1) is 7.04. The van der Waals surface area contributed by atoms with Gasteiger partial charge in [-0.05, 0) is 19.1 Å². The molecule has 0 aliphatic heterocycles. The van der Waals surface area contributed by atoms with Gasteiger partial charge >= 0.3 is 0 Å². The smallest absolute Gasteiger partial charge is 0.271 e.